The molecule has 0 radical (unpaired) electrons. The van der Waals surface area contributed by atoms with Crippen molar-refractivity contribution in [2.75, 3.05) is 23.8 Å². The van der Waals surface area contributed by atoms with Crippen molar-refractivity contribution in [1.82, 2.24) is 15.3 Å². The van der Waals surface area contributed by atoms with Crippen molar-refractivity contribution in [3.63, 3.8) is 0 Å². The number of ether oxygens (including phenoxy) is 1. The topological polar surface area (TPSA) is 122 Å². The van der Waals surface area contributed by atoms with Gasteiger partial charge >= 0.3 is 0 Å². The molecule has 3 heterocycles. The fourth-order valence-corrected chi connectivity index (χ4v) is 5.99. The van der Waals surface area contributed by atoms with Crippen LogP contribution in [-0.2, 0) is 19.7 Å². The van der Waals surface area contributed by atoms with Gasteiger partial charge in [-0.15, -0.1) is 0 Å². The summed E-state index contributed by atoms with van der Waals surface area (Å²) in [5.74, 6) is -0.565. The number of carbonyl (C=O) groups excluding carboxylic acids is 3. The number of aromatic nitrogens is 2. The van der Waals surface area contributed by atoms with Crippen molar-refractivity contribution in [3.05, 3.63) is 47.5 Å². The quantitative estimate of drug-likeness (QED) is 0.567. The Morgan fingerprint density at radius 2 is 1.84 bits per heavy atom. The summed E-state index contributed by atoms with van der Waals surface area (Å²) in [6.45, 7) is 2.87. The molecular formula is C28H35N5O4. The first-order valence-corrected chi connectivity index (χ1v) is 13.4. The number of nitrogens with zero attached hydrogens (tertiary/aromatic N) is 2. The van der Waals surface area contributed by atoms with E-state index in [2.05, 4.69) is 25.9 Å². The van der Waals surface area contributed by atoms with Crippen LogP contribution in [0.3, 0.4) is 0 Å². The summed E-state index contributed by atoms with van der Waals surface area (Å²) < 4.78 is 5.49. The van der Waals surface area contributed by atoms with E-state index >= 15 is 0 Å². The van der Waals surface area contributed by atoms with E-state index in [1.165, 1.54) is 18.9 Å². The van der Waals surface area contributed by atoms with E-state index < -0.39 is 11.5 Å². The van der Waals surface area contributed by atoms with Gasteiger partial charge in [0, 0.05) is 30.8 Å². The lowest BCUT2D eigenvalue weighted by Gasteiger charge is -2.31. The molecule has 1 saturated carbocycles. The van der Waals surface area contributed by atoms with E-state index in [1.54, 1.807) is 6.92 Å². The first-order valence-electron chi connectivity index (χ1n) is 13.4. The molecule has 3 aliphatic rings. The zero-order chi connectivity index (χ0) is 25.8. The number of carbonyl (C=O) groups is 3. The lowest BCUT2D eigenvalue weighted by molar-refractivity contribution is -0.124. The van der Waals surface area contributed by atoms with Crippen LogP contribution in [0.15, 0.2) is 30.7 Å². The van der Waals surface area contributed by atoms with E-state index in [0.717, 1.165) is 49.8 Å². The highest BCUT2D eigenvalue weighted by molar-refractivity contribution is 6.07. The van der Waals surface area contributed by atoms with Gasteiger partial charge in [0.1, 0.15) is 12.4 Å². The van der Waals surface area contributed by atoms with Crippen LogP contribution in [0.5, 0.6) is 0 Å². The van der Waals surface area contributed by atoms with Crippen LogP contribution in [0, 0.1) is 12.8 Å². The van der Waals surface area contributed by atoms with Gasteiger partial charge in [-0.1, -0.05) is 38.2 Å². The molecule has 1 atom stereocenters. The summed E-state index contributed by atoms with van der Waals surface area (Å²) in [5.41, 5.74) is 2.67. The van der Waals surface area contributed by atoms with Gasteiger partial charge in [-0.25, -0.2) is 9.97 Å². The Labute approximate surface area is 217 Å². The molecule has 196 valence electrons. The third-order valence-electron chi connectivity index (χ3n) is 8.18. The molecule has 1 aromatic heterocycles. The smallest absolute Gasteiger partial charge is 0.255 e. The van der Waals surface area contributed by atoms with Gasteiger partial charge in [-0.05, 0) is 56.2 Å². The summed E-state index contributed by atoms with van der Waals surface area (Å²) in [4.78, 5) is 47.8. The molecule has 1 aliphatic carbocycles. The molecule has 3 amide bonds. The highest BCUT2D eigenvalue weighted by atomic mass is 16.5. The Bertz CT molecular complexity index is 1170. The molecule has 37 heavy (non-hydrogen) atoms. The van der Waals surface area contributed by atoms with E-state index in [-0.39, 0.29) is 23.6 Å². The third-order valence-corrected chi connectivity index (χ3v) is 8.18. The van der Waals surface area contributed by atoms with Crippen LogP contribution in [-0.4, -0.2) is 46.9 Å². The van der Waals surface area contributed by atoms with E-state index in [0.29, 0.717) is 43.0 Å². The number of anilines is 2. The monoisotopic (exact) mass is 505 g/mol. The Kier molecular flexibility index (Phi) is 7.50. The summed E-state index contributed by atoms with van der Waals surface area (Å²) in [6, 6.07) is 4.92. The van der Waals surface area contributed by atoms with Gasteiger partial charge in [0.25, 0.3) is 5.91 Å². The maximum atomic E-state index is 13.7. The first kappa shape index (κ1) is 25.3. The third kappa shape index (κ3) is 5.23. The summed E-state index contributed by atoms with van der Waals surface area (Å²) in [5, 5.41) is 9.04. The van der Waals surface area contributed by atoms with Crippen molar-refractivity contribution in [1.29, 1.82) is 0 Å². The summed E-state index contributed by atoms with van der Waals surface area (Å²) >= 11 is 0. The number of rotatable bonds is 5. The van der Waals surface area contributed by atoms with Gasteiger partial charge in [0.05, 0.1) is 16.7 Å². The maximum absolute atomic E-state index is 13.7. The normalized spacial score (nSPS) is 20.3. The van der Waals surface area contributed by atoms with Crippen LogP contribution >= 0.6 is 0 Å². The van der Waals surface area contributed by atoms with Crippen molar-refractivity contribution in [2.24, 2.45) is 5.92 Å². The Morgan fingerprint density at radius 3 is 2.57 bits per heavy atom. The van der Waals surface area contributed by atoms with Crippen molar-refractivity contribution < 1.29 is 19.1 Å². The van der Waals surface area contributed by atoms with Crippen molar-refractivity contribution in [2.45, 2.75) is 76.2 Å². The van der Waals surface area contributed by atoms with Crippen molar-refractivity contribution in [3.8, 4) is 0 Å². The SMILES string of the molecule is Cc1ncncc1C(=O)NC(C(=O)Nc1ccc2c(c1)NC(=O)C21CCOCC1)C1CCCCCCC1. The molecule has 5 rings (SSSR count). The van der Waals surface area contributed by atoms with Gasteiger partial charge in [0.2, 0.25) is 11.8 Å². The van der Waals surface area contributed by atoms with Crippen LogP contribution < -0.4 is 16.0 Å². The van der Waals surface area contributed by atoms with Crippen LogP contribution in [0.25, 0.3) is 0 Å². The Morgan fingerprint density at radius 1 is 1.11 bits per heavy atom. The number of hydrogen-bond acceptors (Lipinski definition) is 6. The molecule has 1 aromatic carbocycles. The Hall–Kier alpha value is -3.33. The summed E-state index contributed by atoms with van der Waals surface area (Å²) in [6.07, 6.45) is 11.5. The molecule has 3 N–H and O–H groups in total. The molecule has 2 aromatic rings. The molecular weight excluding hydrogens is 470 g/mol. The number of amides is 3. The Balaban J connectivity index is 1.37. The lowest BCUT2D eigenvalue weighted by Crippen LogP contribution is -2.49. The molecule has 9 heteroatoms. The average Bonchev–Trinajstić information content (AvgIpc) is 3.13. The molecule has 2 aliphatic heterocycles. The molecule has 0 bridgehead atoms. The van der Waals surface area contributed by atoms with Gasteiger partial charge in [-0.2, -0.15) is 0 Å². The predicted molar refractivity (Wildman–Crippen MR) is 139 cm³/mol. The standard InChI is InChI=1S/C28H35N5O4/c1-18-21(16-29-17-30-18)25(34)33-24(19-7-5-3-2-4-6-8-19)26(35)31-20-9-10-22-23(15-20)32-27(36)28(22)11-13-37-14-12-28/h9-10,15-17,19,24H,2-8,11-14H2,1H3,(H,31,35)(H,32,36)(H,33,34). The largest absolute Gasteiger partial charge is 0.381 e. The van der Waals surface area contributed by atoms with Crippen LogP contribution in [0.4, 0.5) is 11.4 Å². The second-order valence-corrected chi connectivity index (χ2v) is 10.5. The number of nitrogens with one attached hydrogen (secondary N) is 3. The highest BCUT2D eigenvalue weighted by Gasteiger charge is 2.47. The average molecular weight is 506 g/mol. The summed E-state index contributed by atoms with van der Waals surface area (Å²) in [7, 11) is 0. The van der Waals surface area contributed by atoms with E-state index in [4.69, 9.17) is 4.74 Å². The molecule has 2 fully saturated rings. The van der Waals surface area contributed by atoms with Crippen molar-refractivity contribution >= 4 is 29.1 Å². The number of fused-ring (bicyclic) bond motifs is 2. The van der Waals surface area contributed by atoms with Crippen LogP contribution in [0.2, 0.25) is 0 Å². The minimum atomic E-state index is -0.685. The van der Waals surface area contributed by atoms with Gasteiger partial charge in [-0.3, -0.25) is 14.4 Å². The molecule has 1 spiro atoms. The minimum absolute atomic E-state index is 0.00520. The van der Waals surface area contributed by atoms with E-state index in [9.17, 15) is 14.4 Å². The fourth-order valence-electron chi connectivity index (χ4n) is 5.99. The zero-order valence-corrected chi connectivity index (χ0v) is 21.3. The molecule has 1 unspecified atom stereocenters. The number of aryl methyl sites for hydroxylation is 1. The molecule has 1 saturated heterocycles. The second kappa shape index (κ2) is 11.0. The van der Waals surface area contributed by atoms with E-state index in [1.807, 2.05) is 18.2 Å². The fraction of sp³-hybridized carbons (Fsp3) is 0.536. The predicted octanol–water partition coefficient (Wildman–Crippen LogP) is 3.88. The highest BCUT2D eigenvalue weighted by Crippen LogP contribution is 2.45. The number of benzene rings is 1. The van der Waals surface area contributed by atoms with Gasteiger partial charge < -0.3 is 20.7 Å². The maximum Gasteiger partial charge on any atom is 0.255 e. The first-order chi connectivity index (χ1) is 18.0. The van der Waals surface area contributed by atoms with Gasteiger partial charge in [0.15, 0.2) is 0 Å². The number of hydrogen-bond donors (Lipinski definition) is 3. The van der Waals surface area contributed by atoms with Crippen LogP contribution in [0.1, 0.15) is 79.4 Å². The second-order valence-electron chi connectivity index (χ2n) is 10.5. The minimum Gasteiger partial charge on any atom is -0.381 e. The lowest BCUT2D eigenvalue weighted by atomic mass is 9.75. The zero-order valence-electron chi connectivity index (χ0n) is 21.3. The molecule has 9 nitrogen and oxygen atoms in total.